The van der Waals surface area contributed by atoms with Crippen molar-refractivity contribution in [3.63, 3.8) is 0 Å². The number of hydrazone groups is 1. The molecule has 0 atom stereocenters. The van der Waals surface area contributed by atoms with Crippen molar-refractivity contribution in [3.05, 3.63) is 81.5 Å². The second-order valence-corrected chi connectivity index (χ2v) is 7.02. The molecule has 0 fully saturated rings. The normalized spacial score (nSPS) is 11.7. The number of allylic oxidation sites excluding steroid dienone is 1. The van der Waals surface area contributed by atoms with E-state index in [1.54, 1.807) is 6.07 Å². The van der Waals surface area contributed by atoms with Gasteiger partial charge < -0.3 is 0 Å². The summed E-state index contributed by atoms with van der Waals surface area (Å²) in [5.41, 5.74) is 7.96. The van der Waals surface area contributed by atoms with Gasteiger partial charge in [0.15, 0.2) is 0 Å². The quantitative estimate of drug-likeness (QED) is 0.455. The Kier molecular flexibility index (Phi) is 5.98. The van der Waals surface area contributed by atoms with Gasteiger partial charge >= 0.3 is 0 Å². The van der Waals surface area contributed by atoms with Crippen LogP contribution in [0.4, 0.5) is 0 Å². The predicted molar refractivity (Wildman–Crippen MR) is 113 cm³/mol. The Morgan fingerprint density at radius 1 is 1.11 bits per heavy atom. The van der Waals surface area contributed by atoms with Crippen LogP contribution >= 0.6 is 15.9 Å². The van der Waals surface area contributed by atoms with E-state index in [0.717, 1.165) is 21.3 Å². The Morgan fingerprint density at radius 2 is 1.89 bits per heavy atom. The first kappa shape index (κ1) is 18.8. The first-order valence-corrected chi connectivity index (χ1v) is 9.21. The van der Waals surface area contributed by atoms with Gasteiger partial charge in [-0.2, -0.15) is 10.2 Å². The highest BCUT2D eigenvalue weighted by Gasteiger charge is 2.10. The molecule has 0 spiro atoms. The van der Waals surface area contributed by atoms with Crippen molar-refractivity contribution in [2.24, 2.45) is 5.10 Å². The zero-order chi connectivity index (χ0) is 19.2. The average Bonchev–Trinajstić information content (AvgIpc) is 3.15. The number of benzene rings is 2. The molecule has 136 valence electrons. The third-order valence-electron chi connectivity index (χ3n) is 4.08. The van der Waals surface area contributed by atoms with Crippen LogP contribution in [0.15, 0.2) is 64.2 Å². The number of H-pyrrole nitrogens is 1. The fourth-order valence-electron chi connectivity index (χ4n) is 2.45. The van der Waals surface area contributed by atoms with Gasteiger partial charge in [-0.25, -0.2) is 5.43 Å². The molecule has 0 saturated heterocycles. The summed E-state index contributed by atoms with van der Waals surface area (Å²) in [5, 5.41) is 10.9. The van der Waals surface area contributed by atoms with E-state index in [0.29, 0.717) is 5.69 Å². The fourth-order valence-corrected chi connectivity index (χ4v) is 2.81. The number of rotatable bonds is 5. The SMILES string of the molecule is Cc1ccc(-c2cc(C(=O)NN=CC(Br)=Cc3ccccc3)[nH]n2)cc1C. The molecule has 0 radical (unpaired) electrons. The first-order chi connectivity index (χ1) is 13.0. The van der Waals surface area contributed by atoms with Gasteiger partial charge in [0, 0.05) is 10.0 Å². The van der Waals surface area contributed by atoms with Crippen molar-refractivity contribution in [2.45, 2.75) is 13.8 Å². The van der Waals surface area contributed by atoms with Gasteiger partial charge in [0.2, 0.25) is 0 Å². The minimum Gasteiger partial charge on any atom is -0.272 e. The van der Waals surface area contributed by atoms with Crippen LogP contribution in [0.3, 0.4) is 0 Å². The van der Waals surface area contributed by atoms with E-state index in [1.807, 2.05) is 48.5 Å². The van der Waals surface area contributed by atoms with E-state index in [4.69, 9.17) is 0 Å². The summed E-state index contributed by atoms with van der Waals surface area (Å²) in [6.45, 7) is 4.11. The summed E-state index contributed by atoms with van der Waals surface area (Å²) >= 11 is 3.41. The zero-order valence-corrected chi connectivity index (χ0v) is 16.6. The van der Waals surface area contributed by atoms with Crippen molar-refractivity contribution >= 4 is 34.1 Å². The molecule has 3 aromatic rings. The summed E-state index contributed by atoms with van der Waals surface area (Å²) in [5.74, 6) is -0.353. The Balaban J connectivity index is 1.64. The van der Waals surface area contributed by atoms with Gasteiger partial charge in [0.25, 0.3) is 5.91 Å². The third-order valence-corrected chi connectivity index (χ3v) is 4.52. The van der Waals surface area contributed by atoms with Crippen molar-refractivity contribution < 1.29 is 4.79 Å². The Labute approximate surface area is 166 Å². The lowest BCUT2D eigenvalue weighted by Gasteiger charge is -2.01. The number of carbonyl (C=O) groups excluding carboxylic acids is 1. The molecule has 2 aromatic carbocycles. The Bertz CT molecular complexity index is 1010. The van der Waals surface area contributed by atoms with Crippen LogP contribution in [-0.4, -0.2) is 22.3 Å². The van der Waals surface area contributed by atoms with Gasteiger partial charge in [-0.3, -0.25) is 9.89 Å². The third kappa shape index (κ3) is 5.01. The molecule has 0 aliphatic heterocycles. The summed E-state index contributed by atoms with van der Waals surface area (Å²) in [6.07, 6.45) is 3.44. The van der Waals surface area contributed by atoms with Crippen LogP contribution in [0, 0.1) is 13.8 Å². The maximum atomic E-state index is 12.2. The lowest BCUT2D eigenvalue weighted by atomic mass is 10.0. The molecule has 3 rings (SSSR count). The van der Waals surface area contributed by atoms with Crippen molar-refractivity contribution in [1.82, 2.24) is 15.6 Å². The second-order valence-electron chi connectivity index (χ2n) is 6.10. The van der Waals surface area contributed by atoms with E-state index in [-0.39, 0.29) is 5.91 Å². The Hall–Kier alpha value is -2.99. The van der Waals surface area contributed by atoms with Gasteiger partial charge in [0.1, 0.15) is 5.69 Å². The molecule has 1 aromatic heterocycles. The smallest absolute Gasteiger partial charge is 0.272 e. The van der Waals surface area contributed by atoms with E-state index < -0.39 is 0 Å². The van der Waals surface area contributed by atoms with Crippen LogP contribution in [0.5, 0.6) is 0 Å². The number of nitrogens with zero attached hydrogens (tertiary/aromatic N) is 2. The van der Waals surface area contributed by atoms with Crippen molar-refractivity contribution in [1.29, 1.82) is 0 Å². The summed E-state index contributed by atoms with van der Waals surface area (Å²) in [7, 11) is 0. The number of carbonyl (C=O) groups is 1. The summed E-state index contributed by atoms with van der Waals surface area (Å²) < 4.78 is 0.745. The van der Waals surface area contributed by atoms with Crippen molar-refractivity contribution in [2.75, 3.05) is 0 Å². The highest BCUT2D eigenvalue weighted by atomic mass is 79.9. The van der Waals surface area contributed by atoms with Gasteiger partial charge in [-0.15, -0.1) is 0 Å². The molecule has 0 saturated carbocycles. The number of nitrogens with one attached hydrogen (secondary N) is 2. The fraction of sp³-hybridized carbons (Fsp3) is 0.0952. The maximum Gasteiger partial charge on any atom is 0.289 e. The van der Waals surface area contributed by atoms with E-state index >= 15 is 0 Å². The molecule has 0 aliphatic rings. The van der Waals surface area contributed by atoms with E-state index in [9.17, 15) is 4.79 Å². The number of halogens is 1. The molecule has 5 nitrogen and oxygen atoms in total. The van der Waals surface area contributed by atoms with Crippen LogP contribution in [0.1, 0.15) is 27.2 Å². The van der Waals surface area contributed by atoms with Gasteiger partial charge in [-0.1, -0.05) is 42.5 Å². The molecule has 1 heterocycles. The zero-order valence-electron chi connectivity index (χ0n) is 15.0. The number of amides is 1. The van der Waals surface area contributed by atoms with E-state index in [1.165, 1.54) is 17.3 Å². The molecule has 0 bridgehead atoms. The molecule has 2 N–H and O–H groups in total. The van der Waals surface area contributed by atoms with Crippen LogP contribution < -0.4 is 5.43 Å². The lowest BCUT2D eigenvalue weighted by molar-refractivity contribution is 0.0950. The molecule has 6 heteroatoms. The number of hydrogen-bond acceptors (Lipinski definition) is 3. The topological polar surface area (TPSA) is 70.1 Å². The van der Waals surface area contributed by atoms with Crippen LogP contribution in [0.25, 0.3) is 17.3 Å². The highest BCUT2D eigenvalue weighted by Crippen LogP contribution is 2.20. The lowest BCUT2D eigenvalue weighted by Crippen LogP contribution is -2.17. The first-order valence-electron chi connectivity index (χ1n) is 8.41. The minimum atomic E-state index is -0.353. The summed E-state index contributed by atoms with van der Waals surface area (Å²) in [6, 6.07) is 17.6. The summed E-state index contributed by atoms with van der Waals surface area (Å²) in [4.78, 5) is 12.2. The van der Waals surface area contributed by atoms with Crippen LogP contribution in [0.2, 0.25) is 0 Å². The number of aromatic nitrogens is 2. The highest BCUT2D eigenvalue weighted by molar-refractivity contribution is 9.12. The standard InChI is InChI=1S/C21H19BrN4O/c1-14-8-9-17(10-15(14)2)19-12-20(25-24-19)21(27)26-23-13-18(22)11-16-6-4-3-5-7-16/h3-13H,1-2H3,(H,24,25)(H,26,27). The van der Waals surface area contributed by atoms with E-state index in [2.05, 4.69) is 56.6 Å². The van der Waals surface area contributed by atoms with Gasteiger partial charge in [0.05, 0.1) is 11.9 Å². The van der Waals surface area contributed by atoms with Crippen LogP contribution in [-0.2, 0) is 0 Å². The predicted octanol–water partition coefficient (Wildman–Crippen LogP) is 4.85. The Morgan fingerprint density at radius 3 is 2.63 bits per heavy atom. The van der Waals surface area contributed by atoms with Crippen molar-refractivity contribution in [3.8, 4) is 11.3 Å². The molecular formula is C21H19BrN4O. The second kappa shape index (κ2) is 8.60. The number of aromatic amines is 1. The average molecular weight is 423 g/mol. The minimum absolute atomic E-state index is 0.350. The number of hydrogen-bond donors (Lipinski definition) is 2. The largest absolute Gasteiger partial charge is 0.289 e. The molecule has 0 aliphatic carbocycles. The molecule has 1 amide bonds. The molecular weight excluding hydrogens is 404 g/mol. The molecule has 27 heavy (non-hydrogen) atoms. The monoisotopic (exact) mass is 422 g/mol. The van der Waals surface area contributed by atoms with Gasteiger partial charge in [-0.05, 0) is 64.7 Å². The number of aryl methyl sites for hydroxylation is 2. The maximum absolute atomic E-state index is 12.2. The molecule has 0 unspecified atom stereocenters.